The second-order valence-electron chi connectivity index (χ2n) is 9.44. The Morgan fingerprint density at radius 3 is 2.61 bits per heavy atom. The van der Waals surface area contributed by atoms with Gasteiger partial charge in [-0.15, -0.1) is 0 Å². The van der Waals surface area contributed by atoms with Crippen molar-refractivity contribution in [2.45, 2.75) is 51.0 Å². The van der Waals surface area contributed by atoms with Crippen molar-refractivity contribution in [2.75, 3.05) is 13.1 Å². The van der Waals surface area contributed by atoms with Gasteiger partial charge in [0.2, 0.25) is 0 Å². The number of benzene rings is 1. The van der Waals surface area contributed by atoms with Gasteiger partial charge in [0.25, 0.3) is 11.8 Å². The van der Waals surface area contributed by atoms with Crippen molar-refractivity contribution in [1.29, 1.82) is 0 Å². The molecule has 2 aromatic heterocycles. The normalized spacial score (nSPS) is 17.5. The van der Waals surface area contributed by atoms with E-state index >= 15 is 0 Å². The molecule has 1 saturated heterocycles. The molecular weight excluding hydrogens is 414 g/mol. The summed E-state index contributed by atoms with van der Waals surface area (Å²) in [6, 6.07) is 10.1. The average molecular weight is 446 g/mol. The molecule has 1 aliphatic carbocycles. The summed E-state index contributed by atoms with van der Waals surface area (Å²) in [5, 5.41) is 9.72. The van der Waals surface area contributed by atoms with Crippen molar-refractivity contribution in [1.82, 2.24) is 25.0 Å². The fourth-order valence-electron chi connectivity index (χ4n) is 5.26. The lowest BCUT2D eigenvalue weighted by atomic mass is 9.91. The predicted octanol–water partition coefficient (Wildman–Crippen LogP) is 3.74. The van der Waals surface area contributed by atoms with Crippen molar-refractivity contribution >= 4 is 22.6 Å². The minimum absolute atomic E-state index is 0.000263. The predicted molar refractivity (Wildman–Crippen MR) is 127 cm³/mol. The Labute approximate surface area is 194 Å². The van der Waals surface area contributed by atoms with E-state index in [1.807, 2.05) is 48.5 Å². The van der Waals surface area contributed by atoms with Gasteiger partial charge in [-0.1, -0.05) is 37.1 Å². The highest BCUT2D eigenvalue weighted by Gasteiger charge is 2.28. The molecule has 0 unspecified atom stereocenters. The minimum atomic E-state index is -0.000330. The lowest BCUT2D eigenvalue weighted by Crippen LogP contribution is -2.39. The van der Waals surface area contributed by atoms with Gasteiger partial charge in [0.1, 0.15) is 5.69 Å². The average Bonchev–Trinajstić information content (AvgIpc) is 3.48. The number of fused-ring (bicyclic) bond motifs is 1. The van der Waals surface area contributed by atoms with Gasteiger partial charge in [-0.05, 0) is 49.5 Å². The Morgan fingerprint density at radius 2 is 1.82 bits per heavy atom. The van der Waals surface area contributed by atoms with Crippen LogP contribution in [0.25, 0.3) is 10.8 Å². The summed E-state index contributed by atoms with van der Waals surface area (Å²) in [7, 11) is 1.87. The molecule has 1 aliphatic heterocycles. The SMILES string of the molecule is Cn1cc(C(=O)NC2CCCC2)c(CC2CCN(C(=O)c3nccc4ccccc34)CC2)n1. The molecule has 7 heteroatoms. The van der Waals surface area contributed by atoms with Crippen LogP contribution in [0.2, 0.25) is 0 Å². The van der Waals surface area contributed by atoms with Crippen LogP contribution in [0.4, 0.5) is 0 Å². The molecule has 0 atom stereocenters. The number of piperidine rings is 1. The number of aryl methyl sites for hydroxylation is 1. The highest BCUT2D eigenvalue weighted by Crippen LogP contribution is 2.26. The first kappa shape index (κ1) is 21.6. The third kappa shape index (κ3) is 4.63. The minimum Gasteiger partial charge on any atom is -0.349 e. The van der Waals surface area contributed by atoms with E-state index in [2.05, 4.69) is 15.4 Å². The zero-order valence-corrected chi connectivity index (χ0v) is 19.2. The van der Waals surface area contributed by atoms with E-state index in [4.69, 9.17) is 0 Å². The molecule has 172 valence electrons. The maximum Gasteiger partial charge on any atom is 0.273 e. The molecule has 33 heavy (non-hydrogen) atoms. The number of likely N-dealkylation sites (tertiary alicyclic amines) is 1. The van der Waals surface area contributed by atoms with Crippen molar-refractivity contribution in [3.63, 3.8) is 0 Å². The summed E-state index contributed by atoms with van der Waals surface area (Å²) in [4.78, 5) is 32.4. The van der Waals surface area contributed by atoms with Crippen LogP contribution in [0, 0.1) is 5.92 Å². The standard InChI is InChI=1S/C26H31N5O2/c1-30-17-22(25(32)28-20-7-3-4-8-20)23(29-30)16-18-11-14-31(15-12-18)26(33)24-21-9-5-2-6-19(21)10-13-27-24/h2,5-6,9-10,13,17-18,20H,3-4,7-8,11-12,14-16H2,1H3,(H,28,32). The Bertz CT molecular complexity index is 1150. The van der Waals surface area contributed by atoms with Gasteiger partial charge in [-0.25, -0.2) is 0 Å². The molecule has 3 aromatic rings. The summed E-state index contributed by atoms with van der Waals surface area (Å²) < 4.78 is 1.74. The number of rotatable bonds is 5. The van der Waals surface area contributed by atoms with E-state index in [9.17, 15) is 9.59 Å². The molecule has 7 nitrogen and oxygen atoms in total. The first-order chi connectivity index (χ1) is 16.1. The van der Waals surface area contributed by atoms with Crippen LogP contribution >= 0.6 is 0 Å². The molecule has 0 bridgehead atoms. The topological polar surface area (TPSA) is 80.1 Å². The monoisotopic (exact) mass is 445 g/mol. The first-order valence-electron chi connectivity index (χ1n) is 12.0. The number of aromatic nitrogens is 3. The molecule has 2 aliphatic rings. The van der Waals surface area contributed by atoms with Crippen LogP contribution in [-0.4, -0.2) is 50.6 Å². The van der Waals surface area contributed by atoms with E-state index in [1.165, 1.54) is 12.8 Å². The van der Waals surface area contributed by atoms with E-state index < -0.39 is 0 Å². The van der Waals surface area contributed by atoms with E-state index in [1.54, 1.807) is 10.9 Å². The van der Waals surface area contributed by atoms with Gasteiger partial charge in [0, 0.05) is 44.0 Å². The number of carbonyl (C=O) groups excluding carboxylic acids is 2. The van der Waals surface area contributed by atoms with Crippen molar-refractivity contribution in [3.8, 4) is 0 Å². The van der Waals surface area contributed by atoms with Gasteiger partial charge in [0.05, 0.1) is 11.3 Å². The van der Waals surface area contributed by atoms with E-state index in [-0.39, 0.29) is 11.8 Å². The molecule has 1 saturated carbocycles. The van der Waals surface area contributed by atoms with Gasteiger partial charge in [0.15, 0.2) is 0 Å². The highest BCUT2D eigenvalue weighted by molar-refractivity contribution is 6.05. The Hall–Kier alpha value is -3.22. The largest absolute Gasteiger partial charge is 0.349 e. The van der Waals surface area contributed by atoms with Crippen LogP contribution in [0.1, 0.15) is 65.1 Å². The lowest BCUT2D eigenvalue weighted by Gasteiger charge is -2.32. The first-order valence-corrected chi connectivity index (χ1v) is 12.0. The highest BCUT2D eigenvalue weighted by atomic mass is 16.2. The quantitative estimate of drug-likeness (QED) is 0.649. The Kier molecular flexibility index (Phi) is 6.11. The fraction of sp³-hybridized carbons (Fsp3) is 0.462. The van der Waals surface area contributed by atoms with Crippen LogP contribution in [-0.2, 0) is 13.5 Å². The van der Waals surface area contributed by atoms with E-state index in [0.29, 0.717) is 36.3 Å². The molecule has 2 amide bonds. The number of nitrogens with zero attached hydrogens (tertiary/aromatic N) is 4. The summed E-state index contributed by atoms with van der Waals surface area (Å²) in [5.41, 5.74) is 2.10. The number of amides is 2. The molecule has 5 rings (SSSR count). The zero-order chi connectivity index (χ0) is 22.8. The number of pyridine rings is 1. The van der Waals surface area contributed by atoms with Gasteiger partial charge in [-0.2, -0.15) is 5.10 Å². The van der Waals surface area contributed by atoms with Crippen LogP contribution < -0.4 is 5.32 Å². The van der Waals surface area contributed by atoms with Crippen molar-refractivity contribution in [2.24, 2.45) is 13.0 Å². The third-order valence-corrected chi connectivity index (χ3v) is 7.10. The molecule has 1 aromatic carbocycles. The number of hydrogen-bond donors (Lipinski definition) is 1. The molecule has 1 N–H and O–H groups in total. The second kappa shape index (κ2) is 9.33. The number of carbonyl (C=O) groups is 2. The summed E-state index contributed by atoms with van der Waals surface area (Å²) in [6.07, 6.45) is 10.6. The molecule has 0 radical (unpaired) electrons. The molecular formula is C26H31N5O2. The molecule has 2 fully saturated rings. The Morgan fingerprint density at radius 1 is 1.06 bits per heavy atom. The van der Waals surface area contributed by atoms with E-state index in [0.717, 1.165) is 48.6 Å². The van der Waals surface area contributed by atoms with Gasteiger partial charge in [-0.3, -0.25) is 19.3 Å². The third-order valence-electron chi connectivity index (χ3n) is 7.10. The summed E-state index contributed by atoms with van der Waals surface area (Å²) >= 11 is 0. The second-order valence-corrected chi connectivity index (χ2v) is 9.44. The van der Waals surface area contributed by atoms with Crippen LogP contribution in [0.3, 0.4) is 0 Å². The summed E-state index contributed by atoms with van der Waals surface area (Å²) in [6.45, 7) is 1.40. The Balaban J connectivity index is 1.22. The molecule has 0 spiro atoms. The smallest absolute Gasteiger partial charge is 0.273 e. The maximum absolute atomic E-state index is 13.2. The zero-order valence-electron chi connectivity index (χ0n) is 19.2. The summed E-state index contributed by atoms with van der Waals surface area (Å²) in [5.74, 6) is 0.404. The van der Waals surface area contributed by atoms with Crippen molar-refractivity contribution < 1.29 is 9.59 Å². The van der Waals surface area contributed by atoms with Crippen LogP contribution in [0.5, 0.6) is 0 Å². The van der Waals surface area contributed by atoms with Crippen molar-refractivity contribution in [3.05, 3.63) is 59.7 Å². The number of hydrogen-bond acceptors (Lipinski definition) is 4. The lowest BCUT2D eigenvalue weighted by molar-refractivity contribution is 0.0686. The fourth-order valence-corrected chi connectivity index (χ4v) is 5.26. The maximum atomic E-state index is 13.2. The van der Waals surface area contributed by atoms with Gasteiger partial charge >= 0.3 is 0 Å². The van der Waals surface area contributed by atoms with Crippen LogP contribution in [0.15, 0.2) is 42.7 Å². The number of nitrogens with one attached hydrogen (secondary N) is 1. The van der Waals surface area contributed by atoms with Gasteiger partial charge < -0.3 is 10.2 Å². The molecule has 3 heterocycles.